The molecule has 162 valence electrons. The first kappa shape index (κ1) is 22.3. The van der Waals surface area contributed by atoms with Gasteiger partial charge < -0.3 is 25.3 Å². The van der Waals surface area contributed by atoms with Gasteiger partial charge in [0.2, 0.25) is 0 Å². The lowest BCUT2D eigenvalue weighted by atomic mass is 9.86. The fourth-order valence-corrected chi connectivity index (χ4v) is 4.37. The smallest absolute Gasteiger partial charge is 0.335 e. The van der Waals surface area contributed by atoms with Gasteiger partial charge in [-0.2, -0.15) is 0 Å². The zero-order chi connectivity index (χ0) is 20.5. The van der Waals surface area contributed by atoms with Crippen molar-refractivity contribution in [2.75, 3.05) is 6.54 Å². The van der Waals surface area contributed by atoms with E-state index in [9.17, 15) is 14.7 Å². The van der Waals surface area contributed by atoms with Crippen LogP contribution >= 0.6 is 12.4 Å². The predicted molar refractivity (Wildman–Crippen MR) is 114 cm³/mol. The van der Waals surface area contributed by atoms with Crippen LogP contribution in [0.2, 0.25) is 0 Å². The molecular weight excluding hydrogens is 408 g/mol. The number of aryl methyl sites for hydroxylation is 2. The molecule has 1 aromatic carbocycles. The Labute approximate surface area is 181 Å². The van der Waals surface area contributed by atoms with Crippen LogP contribution in [-0.4, -0.2) is 51.7 Å². The number of rotatable bonds is 6. The van der Waals surface area contributed by atoms with Gasteiger partial charge in [-0.25, -0.2) is 4.79 Å². The summed E-state index contributed by atoms with van der Waals surface area (Å²) in [5.41, 5.74) is 3.05. The summed E-state index contributed by atoms with van der Waals surface area (Å²) in [6, 6.07) is 7.98. The fraction of sp³-hybridized carbons (Fsp3) is 0.455. The van der Waals surface area contributed by atoms with Gasteiger partial charge in [-0.05, 0) is 62.9 Å². The third-order valence-corrected chi connectivity index (χ3v) is 5.98. The van der Waals surface area contributed by atoms with Gasteiger partial charge in [0.15, 0.2) is 5.78 Å². The van der Waals surface area contributed by atoms with E-state index in [-0.39, 0.29) is 41.8 Å². The molecule has 0 aliphatic heterocycles. The number of ketones is 1. The number of carboxylic acid groups (broad SMARTS) is 1. The number of H-pyrrole nitrogens is 1. The van der Waals surface area contributed by atoms with Crippen molar-refractivity contribution in [2.45, 2.75) is 50.9 Å². The van der Waals surface area contributed by atoms with Gasteiger partial charge in [0.05, 0.1) is 5.56 Å². The average Bonchev–Trinajstić information content (AvgIpc) is 3.25. The Balaban J connectivity index is 0.00000256. The third kappa shape index (κ3) is 4.53. The van der Waals surface area contributed by atoms with Gasteiger partial charge in [0.25, 0.3) is 0 Å². The van der Waals surface area contributed by atoms with Gasteiger partial charge in [0, 0.05) is 35.5 Å². The zero-order valence-corrected chi connectivity index (χ0v) is 17.6. The number of aliphatic hydroxyl groups is 1. The molecule has 0 bridgehead atoms. The maximum atomic E-state index is 12.7. The Hall–Kier alpha value is -2.35. The Morgan fingerprint density at radius 3 is 2.67 bits per heavy atom. The number of hydrogen-bond acceptors (Lipinski definition) is 5. The van der Waals surface area contributed by atoms with Crippen LogP contribution in [0, 0.1) is 12.8 Å². The lowest BCUT2D eigenvalue weighted by molar-refractivity contribution is 0.0441. The molecule has 8 heteroatoms. The first-order chi connectivity index (χ1) is 13.9. The number of aromatic nitrogens is 1. The van der Waals surface area contributed by atoms with Crippen LogP contribution in [0.15, 0.2) is 30.3 Å². The summed E-state index contributed by atoms with van der Waals surface area (Å²) in [6.07, 6.45) is 2.08. The maximum Gasteiger partial charge on any atom is 0.335 e. The zero-order valence-electron chi connectivity index (χ0n) is 16.8. The number of hydrogen-bond donors (Lipinski definition) is 4. The van der Waals surface area contributed by atoms with E-state index in [0.29, 0.717) is 18.7 Å². The van der Waals surface area contributed by atoms with Crippen molar-refractivity contribution in [1.82, 2.24) is 10.3 Å². The van der Waals surface area contributed by atoms with Crippen LogP contribution in [-0.2, 0) is 6.42 Å². The number of carboxylic acids is 1. The summed E-state index contributed by atoms with van der Waals surface area (Å²) < 4.78 is 5.86. The fourth-order valence-electron chi connectivity index (χ4n) is 4.37. The molecule has 1 fully saturated rings. The van der Waals surface area contributed by atoms with Crippen molar-refractivity contribution in [2.24, 2.45) is 5.92 Å². The highest BCUT2D eigenvalue weighted by Crippen LogP contribution is 2.28. The molecule has 0 radical (unpaired) electrons. The molecule has 2 aliphatic rings. The molecule has 4 unspecified atom stereocenters. The molecule has 2 aliphatic carbocycles. The van der Waals surface area contributed by atoms with E-state index in [1.54, 1.807) is 12.1 Å². The summed E-state index contributed by atoms with van der Waals surface area (Å²) >= 11 is 0. The molecule has 1 aromatic heterocycles. The molecule has 4 atom stereocenters. The second kappa shape index (κ2) is 9.20. The molecule has 1 saturated carbocycles. The molecule has 7 nitrogen and oxygen atoms in total. The third-order valence-electron chi connectivity index (χ3n) is 5.98. The van der Waals surface area contributed by atoms with Gasteiger partial charge in [0.1, 0.15) is 18.0 Å². The topological polar surface area (TPSA) is 112 Å². The van der Waals surface area contributed by atoms with Gasteiger partial charge in [-0.15, -0.1) is 12.4 Å². The summed E-state index contributed by atoms with van der Waals surface area (Å²) in [5, 5.41) is 23.0. The molecule has 4 rings (SSSR count). The molecule has 1 heterocycles. The normalized spacial score (nSPS) is 25.5. The van der Waals surface area contributed by atoms with Crippen LogP contribution < -0.4 is 10.1 Å². The minimum atomic E-state index is -0.985. The minimum Gasteiger partial charge on any atom is -0.488 e. The van der Waals surface area contributed by atoms with Gasteiger partial charge in [-0.1, -0.05) is 0 Å². The molecule has 0 saturated heterocycles. The number of aromatic carboxylic acids is 1. The van der Waals surface area contributed by atoms with E-state index in [0.717, 1.165) is 36.2 Å². The molecule has 4 N–H and O–H groups in total. The largest absolute Gasteiger partial charge is 0.488 e. The highest BCUT2D eigenvalue weighted by Gasteiger charge is 2.37. The molecule has 2 aromatic rings. The number of carbonyl (C=O) groups is 2. The average molecular weight is 435 g/mol. The van der Waals surface area contributed by atoms with Gasteiger partial charge >= 0.3 is 5.97 Å². The van der Waals surface area contributed by atoms with Crippen LogP contribution in [0.25, 0.3) is 0 Å². The van der Waals surface area contributed by atoms with Crippen LogP contribution in [0.4, 0.5) is 0 Å². The molecular formula is C22H27ClN2O5. The summed E-state index contributed by atoms with van der Waals surface area (Å²) in [4.78, 5) is 26.9. The summed E-state index contributed by atoms with van der Waals surface area (Å²) in [5.74, 6) is -0.353. The van der Waals surface area contributed by atoms with Crippen LogP contribution in [0.3, 0.4) is 0 Å². The van der Waals surface area contributed by atoms with Crippen LogP contribution in [0.5, 0.6) is 5.75 Å². The standard InChI is InChI=1S/C22H26N2O5.ClH/c1-12-10-16-17(24-12)7-4-14(20(16)25)11-23-18-8-9-19(21(18)26)29-15-5-2-13(3-6-15)22(27)28;/h2-3,5-6,10,14,18-19,21,23-24,26H,4,7-9,11H2,1H3,(H,27,28);1H. The number of fused-ring (bicyclic) bond motifs is 1. The SMILES string of the molecule is Cc1cc2c([nH]1)CCC(CNC1CCC(Oc3ccc(C(=O)O)cc3)C1O)C2=O.Cl. The van der Waals surface area contributed by atoms with E-state index in [1.807, 2.05) is 13.0 Å². The van der Waals surface area contributed by atoms with E-state index in [1.165, 1.54) is 12.1 Å². The molecule has 0 amide bonds. The van der Waals surface area contributed by atoms with Crippen molar-refractivity contribution in [3.05, 3.63) is 52.8 Å². The number of carbonyl (C=O) groups excluding carboxylic acids is 1. The number of ether oxygens (including phenoxy) is 1. The van der Waals surface area contributed by atoms with E-state index < -0.39 is 12.1 Å². The van der Waals surface area contributed by atoms with Gasteiger partial charge in [-0.3, -0.25) is 4.79 Å². The summed E-state index contributed by atoms with van der Waals surface area (Å²) in [7, 11) is 0. The Morgan fingerprint density at radius 2 is 1.97 bits per heavy atom. The van der Waals surface area contributed by atoms with Crippen molar-refractivity contribution in [3.63, 3.8) is 0 Å². The second-order valence-electron chi connectivity index (χ2n) is 8.01. The van der Waals surface area contributed by atoms with Crippen LogP contribution in [0.1, 0.15) is 51.4 Å². The number of nitrogens with one attached hydrogen (secondary N) is 2. The van der Waals surface area contributed by atoms with Crippen molar-refractivity contribution < 1.29 is 24.5 Å². The van der Waals surface area contributed by atoms with Crippen molar-refractivity contribution >= 4 is 24.2 Å². The Morgan fingerprint density at radius 1 is 1.23 bits per heavy atom. The highest BCUT2D eigenvalue weighted by molar-refractivity contribution is 6.00. The van der Waals surface area contributed by atoms with E-state index in [2.05, 4.69) is 10.3 Å². The second-order valence-corrected chi connectivity index (χ2v) is 8.01. The maximum absolute atomic E-state index is 12.7. The quantitative estimate of drug-likeness (QED) is 0.556. The number of aromatic amines is 1. The summed E-state index contributed by atoms with van der Waals surface area (Å²) in [6.45, 7) is 2.51. The first-order valence-corrected chi connectivity index (χ1v) is 10.1. The number of Topliss-reactive ketones (excluding diaryl/α,β-unsaturated/α-hetero) is 1. The lowest BCUT2D eigenvalue weighted by Crippen LogP contribution is -2.44. The monoisotopic (exact) mass is 434 g/mol. The molecule has 30 heavy (non-hydrogen) atoms. The number of aliphatic hydroxyl groups excluding tert-OH is 1. The van der Waals surface area contributed by atoms with Crippen molar-refractivity contribution in [3.8, 4) is 5.75 Å². The first-order valence-electron chi connectivity index (χ1n) is 10.1. The van der Waals surface area contributed by atoms with E-state index >= 15 is 0 Å². The number of halogens is 1. The number of benzene rings is 1. The minimum absolute atomic E-state index is 0. The highest BCUT2D eigenvalue weighted by atomic mass is 35.5. The lowest BCUT2D eigenvalue weighted by Gasteiger charge is -2.25. The Kier molecular flexibility index (Phi) is 6.85. The van der Waals surface area contributed by atoms with Crippen molar-refractivity contribution in [1.29, 1.82) is 0 Å². The Bertz CT molecular complexity index is 911. The molecule has 0 spiro atoms. The van der Waals surface area contributed by atoms with E-state index in [4.69, 9.17) is 9.84 Å². The predicted octanol–water partition coefficient (Wildman–Crippen LogP) is 2.75.